The van der Waals surface area contributed by atoms with Crippen LogP contribution in [0.4, 0.5) is 5.69 Å². The zero-order valence-corrected chi connectivity index (χ0v) is 8.58. The summed E-state index contributed by atoms with van der Waals surface area (Å²) in [5, 5.41) is 0. The first-order valence-corrected chi connectivity index (χ1v) is 4.82. The smallest absolute Gasteiger partial charge is 0.125 e. The van der Waals surface area contributed by atoms with Gasteiger partial charge in [0.05, 0.1) is 0 Å². The number of nitrogens with two attached hydrogens (primary N) is 2. The lowest BCUT2D eigenvalue weighted by molar-refractivity contribution is 0.0729. The van der Waals surface area contributed by atoms with Gasteiger partial charge in [0.1, 0.15) is 11.4 Å². The first-order chi connectivity index (χ1) is 6.48. The van der Waals surface area contributed by atoms with Crippen LogP contribution in [-0.2, 0) is 0 Å². The van der Waals surface area contributed by atoms with E-state index in [2.05, 4.69) is 0 Å². The van der Waals surface area contributed by atoms with Crippen molar-refractivity contribution in [2.75, 3.05) is 5.73 Å². The molecule has 0 aliphatic carbocycles. The number of nitrogen functional groups attached to an aromatic ring is 1. The molecule has 3 nitrogen and oxygen atoms in total. The number of hydrogen-bond acceptors (Lipinski definition) is 3. The van der Waals surface area contributed by atoms with Crippen LogP contribution in [0.5, 0.6) is 5.75 Å². The second-order valence-electron chi connectivity index (χ2n) is 4.47. The highest BCUT2D eigenvalue weighted by molar-refractivity contribution is 5.50. The van der Waals surface area contributed by atoms with Crippen molar-refractivity contribution in [1.82, 2.24) is 0 Å². The Hall–Kier alpha value is -1.22. The van der Waals surface area contributed by atoms with Gasteiger partial charge in [-0.3, -0.25) is 0 Å². The van der Waals surface area contributed by atoms with Crippen molar-refractivity contribution in [3.63, 3.8) is 0 Å². The van der Waals surface area contributed by atoms with Gasteiger partial charge in [-0.25, -0.2) is 0 Å². The lowest BCUT2D eigenvalue weighted by Gasteiger charge is -2.36. The molecule has 1 aliphatic heterocycles. The molecule has 0 saturated carbocycles. The molecular weight excluding hydrogens is 176 g/mol. The molecule has 76 valence electrons. The average molecular weight is 192 g/mol. The summed E-state index contributed by atoms with van der Waals surface area (Å²) in [5.41, 5.74) is 13.3. The molecule has 3 heteroatoms. The van der Waals surface area contributed by atoms with Gasteiger partial charge in [-0.2, -0.15) is 0 Å². The van der Waals surface area contributed by atoms with Crippen LogP contribution in [0.3, 0.4) is 0 Å². The van der Waals surface area contributed by atoms with Gasteiger partial charge in [-0.1, -0.05) is 0 Å². The van der Waals surface area contributed by atoms with Gasteiger partial charge in [-0.05, 0) is 32.0 Å². The van der Waals surface area contributed by atoms with Gasteiger partial charge < -0.3 is 16.2 Å². The summed E-state index contributed by atoms with van der Waals surface area (Å²) < 4.78 is 5.81. The third-order valence-electron chi connectivity index (χ3n) is 2.53. The Labute approximate surface area is 84.0 Å². The maximum Gasteiger partial charge on any atom is 0.125 e. The molecule has 0 radical (unpaired) electrons. The molecule has 0 aromatic heterocycles. The van der Waals surface area contributed by atoms with Crippen LogP contribution >= 0.6 is 0 Å². The van der Waals surface area contributed by atoms with Crippen LogP contribution in [0.1, 0.15) is 31.9 Å². The summed E-state index contributed by atoms with van der Waals surface area (Å²) in [6.07, 6.45) is 0.823. The van der Waals surface area contributed by atoms with E-state index < -0.39 is 0 Å². The fourth-order valence-electron chi connectivity index (χ4n) is 1.93. The van der Waals surface area contributed by atoms with Crippen molar-refractivity contribution < 1.29 is 4.74 Å². The number of benzene rings is 1. The Morgan fingerprint density at radius 1 is 1.43 bits per heavy atom. The number of rotatable bonds is 0. The predicted molar refractivity (Wildman–Crippen MR) is 57.1 cm³/mol. The van der Waals surface area contributed by atoms with E-state index in [0.29, 0.717) is 0 Å². The minimum atomic E-state index is -0.178. The Balaban J connectivity index is 2.45. The van der Waals surface area contributed by atoms with E-state index in [4.69, 9.17) is 16.2 Å². The van der Waals surface area contributed by atoms with Crippen molar-refractivity contribution in [3.8, 4) is 5.75 Å². The van der Waals surface area contributed by atoms with E-state index in [-0.39, 0.29) is 11.6 Å². The molecule has 4 N–H and O–H groups in total. The molecule has 1 atom stereocenters. The first kappa shape index (κ1) is 9.34. The van der Waals surface area contributed by atoms with Gasteiger partial charge >= 0.3 is 0 Å². The lowest BCUT2D eigenvalue weighted by Crippen LogP contribution is -2.37. The fraction of sp³-hybridized carbons (Fsp3) is 0.455. The maximum atomic E-state index is 6.06. The Kier molecular flexibility index (Phi) is 1.93. The van der Waals surface area contributed by atoms with Crippen LogP contribution in [-0.4, -0.2) is 5.60 Å². The molecule has 1 heterocycles. The van der Waals surface area contributed by atoms with Crippen LogP contribution < -0.4 is 16.2 Å². The van der Waals surface area contributed by atoms with Gasteiger partial charge in [0.15, 0.2) is 0 Å². The van der Waals surface area contributed by atoms with E-state index >= 15 is 0 Å². The van der Waals surface area contributed by atoms with Crippen LogP contribution in [0.2, 0.25) is 0 Å². The van der Waals surface area contributed by atoms with Crippen molar-refractivity contribution in [1.29, 1.82) is 0 Å². The second kappa shape index (κ2) is 2.89. The Morgan fingerprint density at radius 2 is 2.14 bits per heavy atom. The lowest BCUT2D eigenvalue weighted by atomic mass is 9.90. The molecule has 0 fully saturated rings. The van der Waals surface area contributed by atoms with E-state index in [1.54, 1.807) is 0 Å². The topological polar surface area (TPSA) is 61.3 Å². The molecule has 0 bridgehead atoms. The highest BCUT2D eigenvalue weighted by Gasteiger charge is 2.31. The molecule has 14 heavy (non-hydrogen) atoms. The number of anilines is 1. The summed E-state index contributed by atoms with van der Waals surface area (Å²) in [6.45, 7) is 4.10. The quantitative estimate of drug-likeness (QED) is 0.616. The minimum Gasteiger partial charge on any atom is -0.487 e. The van der Waals surface area contributed by atoms with E-state index in [0.717, 1.165) is 23.4 Å². The molecule has 1 aromatic carbocycles. The summed E-state index contributed by atoms with van der Waals surface area (Å²) in [5.74, 6) is 0.864. The van der Waals surface area contributed by atoms with Crippen molar-refractivity contribution in [3.05, 3.63) is 23.8 Å². The number of hydrogen-bond donors (Lipinski definition) is 2. The van der Waals surface area contributed by atoms with E-state index in [9.17, 15) is 0 Å². The fourth-order valence-corrected chi connectivity index (χ4v) is 1.93. The summed E-state index contributed by atoms with van der Waals surface area (Å²) in [6, 6.07) is 5.66. The van der Waals surface area contributed by atoms with Crippen LogP contribution in [0, 0.1) is 0 Å². The molecule has 1 aromatic rings. The monoisotopic (exact) mass is 192 g/mol. The standard InChI is InChI=1S/C11H16N2O/c1-11(2)6-9(13)8-5-7(12)3-4-10(8)14-11/h3-5,9H,6,12-13H2,1-2H3/t9-/m1/s1. The summed E-state index contributed by atoms with van der Waals surface area (Å²) in [7, 11) is 0. The maximum absolute atomic E-state index is 6.06. The van der Waals surface area contributed by atoms with Crippen molar-refractivity contribution in [2.45, 2.75) is 31.9 Å². The van der Waals surface area contributed by atoms with Gasteiger partial charge in [0.25, 0.3) is 0 Å². The Morgan fingerprint density at radius 3 is 2.86 bits per heavy atom. The molecule has 0 spiro atoms. The molecule has 1 aliphatic rings. The van der Waals surface area contributed by atoms with E-state index in [1.807, 2.05) is 32.0 Å². The first-order valence-electron chi connectivity index (χ1n) is 4.82. The molecule has 2 rings (SSSR count). The third kappa shape index (κ3) is 1.55. The van der Waals surface area contributed by atoms with Gasteiger partial charge in [-0.15, -0.1) is 0 Å². The zero-order valence-electron chi connectivity index (χ0n) is 8.58. The van der Waals surface area contributed by atoms with Crippen LogP contribution in [0.15, 0.2) is 18.2 Å². The molecule has 0 amide bonds. The van der Waals surface area contributed by atoms with Gasteiger partial charge in [0.2, 0.25) is 0 Å². The zero-order chi connectivity index (χ0) is 10.3. The van der Waals surface area contributed by atoms with Crippen molar-refractivity contribution >= 4 is 5.69 Å². The van der Waals surface area contributed by atoms with Crippen LogP contribution in [0.25, 0.3) is 0 Å². The third-order valence-corrected chi connectivity index (χ3v) is 2.53. The minimum absolute atomic E-state index is 0.0252. The molecular formula is C11H16N2O. The number of ether oxygens (including phenoxy) is 1. The summed E-state index contributed by atoms with van der Waals surface area (Å²) >= 11 is 0. The summed E-state index contributed by atoms with van der Waals surface area (Å²) in [4.78, 5) is 0. The van der Waals surface area contributed by atoms with Crippen molar-refractivity contribution in [2.24, 2.45) is 5.73 Å². The highest BCUT2D eigenvalue weighted by atomic mass is 16.5. The average Bonchev–Trinajstić information content (AvgIpc) is 2.05. The largest absolute Gasteiger partial charge is 0.487 e. The predicted octanol–water partition coefficient (Wildman–Crippen LogP) is 1.83. The molecule has 0 unspecified atom stereocenters. The number of fused-ring (bicyclic) bond motifs is 1. The van der Waals surface area contributed by atoms with Gasteiger partial charge in [0, 0.05) is 23.7 Å². The molecule has 0 saturated heterocycles. The normalized spacial score (nSPS) is 23.8. The van der Waals surface area contributed by atoms with E-state index in [1.165, 1.54) is 0 Å². The second-order valence-corrected chi connectivity index (χ2v) is 4.47. The Bertz CT molecular complexity index is 360. The SMILES string of the molecule is CC1(C)C[C@@H](N)c2cc(N)ccc2O1. The highest BCUT2D eigenvalue weighted by Crippen LogP contribution is 2.38.